The summed E-state index contributed by atoms with van der Waals surface area (Å²) in [5.74, 6) is 0. The second-order valence-corrected chi connectivity index (χ2v) is 7.04. The van der Waals surface area contributed by atoms with Crippen LogP contribution in [0.2, 0.25) is 0 Å². The van der Waals surface area contributed by atoms with Gasteiger partial charge >= 0.3 is 0 Å². The molecule has 1 heterocycles. The number of anilines is 1. The third kappa shape index (κ3) is 3.43. The quantitative estimate of drug-likeness (QED) is 0.653. The van der Waals surface area contributed by atoms with Gasteiger partial charge in [-0.05, 0) is 22.9 Å². The normalized spacial score (nSPS) is 12.5. The predicted octanol–water partition coefficient (Wildman–Crippen LogP) is 4.73. The fourth-order valence-corrected chi connectivity index (χ4v) is 3.21. The van der Waals surface area contributed by atoms with Gasteiger partial charge in [0.05, 0.1) is 22.2 Å². The average molecular weight is 315 g/mol. The molecule has 2 aromatic rings. The summed E-state index contributed by atoms with van der Waals surface area (Å²) < 4.78 is 0. The lowest BCUT2D eigenvalue weighted by atomic mass is 9.85. The number of nitro groups is 1. The zero-order valence-corrected chi connectivity index (χ0v) is 13.5. The van der Waals surface area contributed by atoms with Crippen LogP contribution in [0.15, 0.2) is 35.7 Å². The number of nitro benzene ring substituents is 1. The van der Waals surface area contributed by atoms with E-state index < -0.39 is 4.92 Å². The third-order valence-electron chi connectivity index (χ3n) is 3.33. The Bertz CT molecular complexity index is 712. The first-order chi connectivity index (χ1) is 10.3. The predicted molar refractivity (Wildman–Crippen MR) is 87.9 cm³/mol. The lowest BCUT2D eigenvalue weighted by Crippen LogP contribution is -2.25. The number of thiophene rings is 1. The number of nitrogens with zero attached hydrogens (tertiary/aromatic N) is 2. The smallest absolute Gasteiger partial charge is 0.270 e. The topological polar surface area (TPSA) is 79.0 Å². The van der Waals surface area contributed by atoms with Crippen molar-refractivity contribution in [2.75, 3.05) is 5.32 Å². The van der Waals surface area contributed by atoms with E-state index in [0.29, 0.717) is 5.69 Å². The fourth-order valence-electron chi connectivity index (χ4n) is 2.19. The number of nitrogens with one attached hydrogen (secondary N) is 1. The first-order valence-electron chi connectivity index (χ1n) is 6.81. The van der Waals surface area contributed by atoms with Crippen LogP contribution in [0.3, 0.4) is 0 Å². The Kier molecular flexibility index (Phi) is 4.48. The Labute approximate surface area is 133 Å². The molecule has 1 aromatic heterocycles. The highest BCUT2D eigenvalue weighted by molar-refractivity contribution is 7.10. The van der Waals surface area contributed by atoms with Crippen LogP contribution >= 0.6 is 11.3 Å². The molecule has 0 bridgehead atoms. The van der Waals surface area contributed by atoms with E-state index in [2.05, 4.69) is 26.1 Å². The summed E-state index contributed by atoms with van der Waals surface area (Å²) in [6.45, 7) is 6.34. The molecular formula is C16H17N3O2S. The standard InChI is InChI=1S/C16H17N3O2S/c1-16(2,3)15(14-5-4-8-22-14)18-13-7-6-12(19(20)21)9-11(13)10-17/h4-9,15,18H,1-3H3. The van der Waals surface area contributed by atoms with E-state index in [0.717, 1.165) is 4.88 Å². The highest BCUT2D eigenvalue weighted by Gasteiger charge is 2.28. The Balaban J connectivity index is 2.39. The Morgan fingerprint density at radius 3 is 2.59 bits per heavy atom. The second-order valence-electron chi connectivity index (χ2n) is 6.06. The molecule has 0 radical (unpaired) electrons. The zero-order valence-electron chi connectivity index (χ0n) is 12.7. The van der Waals surface area contributed by atoms with E-state index in [-0.39, 0.29) is 22.7 Å². The highest BCUT2D eigenvalue weighted by Crippen LogP contribution is 2.38. The zero-order chi connectivity index (χ0) is 16.3. The molecule has 1 unspecified atom stereocenters. The molecular weight excluding hydrogens is 298 g/mol. The van der Waals surface area contributed by atoms with Crippen molar-refractivity contribution in [3.8, 4) is 6.07 Å². The summed E-state index contributed by atoms with van der Waals surface area (Å²) in [6, 6.07) is 10.4. The summed E-state index contributed by atoms with van der Waals surface area (Å²) in [5.41, 5.74) is 0.742. The number of benzene rings is 1. The van der Waals surface area contributed by atoms with Crippen molar-refractivity contribution in [1.29, 1.82) is 5.26 Å². The molecule has 114 valence electrons. The van der Waals surface area contributed by atoms with Crippen LogP contribution in [0.4, 0.5) is 11.4 Å². The second kappa shape index (κ2) is 6.16. The monoisotopic (exact) mass is 315 g/mol. The van der Waals surface area contributed by atoms with Crippen LogP contribution < -0.4 is 5.32 Å². The van der Waals surface area contributed by atoms with Gasteiger partial charge in [-0.3, -0.25) is 10.1 Å². The molecule has 0 saturated carbocycles. The van der Waals surface area contributed by atoms with Gasteiger partial charge in [-0.25, -0.2) is 0 Å². The Morgan fingerprint density at radius 1 is 1.36 bits per heavy atom. The van der Waals surface area contributed by atoms with E-state index >= 15 is 0 Å². The Morgan fingerprint density at radius 2 is 2.09 bits per heavy atom. The fraction of sp³-hybridized carbons (Fsp3) is 0.312. The van der Waals surface area contributed by atoms with Crippen molar-refractivity contribution in [1.82, 2.24) is 0 Å². The number of hydrogen-bond donors (Lipinski definition) is 1. The first-order valence-corrected chi connectivity index (χ1v) is 7.69. The van der Waals surface area contributed by atoms with Crippen LogP contribution in [0.25, 0.3) is 0 Å². The number of rotatable bonds is 4. The van der Waals surface area contributed by atoms with E-state index in [4.69, 9.17) is 0 Å². The van der Waals surface area contributed by atoms with Crippen molar-refractivity contribution in [3.63, 3.8) is 0 Å². The van der Waals surface area contributed by atoms with Gasteiger partial charge in [0.25, 0.3) is 5.69 Å². The molecule has 1 N–H and O–H groups in total. The summed E-state index contributed by atoms with van der Waals surface area (Å²) in [4.78, 5) is 11.5. The van der Waals surface area contributed by atoms with Crippen molar-refractivity contribution in [2.24, 2.45) is 5.41 Å². The van der Waals surface area contributed by atoms with Crippen LogP contribution in [-0.4, -0.2) is 4.92 Å². The molecule has 1 aromatic carbocycles. The SMILES string of the molecule is CC(C)(C)C(Nc1ccc([N+](=O)[O-])cc1C#N)c1cccs1. The van der Waals surface area contributed by atoms with E-state index in [1.165, 1.54) is 12.1 Å². The third-order valence-corrected chi connectivity index (χ3v) is 4.27. The van der Waals surface area contributed by atoms with Gasteiger partial charge in [-0.2, -0.15) is 5.26 Å². The summed E-state index contributed by atoms with van der Waals surface area (Å²) in [6.07, 6.45) is 0. The Hall–Kier alpha value is -2.39. The first kappa shape index (κ1) is 16.0. The lowest BCUT2D eigenvalue weighted by Gasteiger charge is -2.32. The molecule has 0 aliphatic rings. The van der Waals surface area contributed by atoms with Crippen molar-refractivity contribution in [2.45, 2.75) is 26.8 Å². The van der Waals surface area contributed by atoms with Crippen molar-refractivity contribution >= 4 is 22.7 Å². The van der Waals surface area contributed by atoms with Gasteiger partial charge in [0.2, 0.25) is 0 Å². The van der Waals surface area contributed by atoms with Crippen molar-refractivity contribution < 1.29 is 4.92 Å². The van der Waals surface area contributed by atoms with Gasteiger partial charge in [0.1, 0.15) is 6.07 Å². The lowest BCUT2D eigenvalue weighted by molar-refractivity contribution is -0.384. The maximum absolute atomic E-state index is 10.8. The van der Waals surface area contributed by atoms with Crippen LogP contribution in [0.1, 0.15) is 37.3 Å². The molecule has 0 fully saturated rings. The number of hydrogen-bond acceptors (Lipinski definition) is 5. The average Bonchev–Trinajstić information content (AvgIpc) is 2.96. The van der Waals surface area contributed by atoms with Crippen LogP contribution in [0, 0.1) is 26.9 Å². The summed E-state index contributed by atoms with van der Waals surface area (Å²) in [7, 11) is 0. The minimum absolute atomic E-state index is 0.0149. The molecule has 2 rings (SSSR count). The van der Waals surface area contributed by atoms with E-state index in [1.807, 2.05) is 23.6 Å². The number of non-ortho nitro benzene ring substituents is 1. The van der Waals surface area contributed by atoms with Gasteiger partial charge < -0.3 is 5.32 Å². The van der Waals surface area contributed by atoms with Crippen molar-refractivity contribution in [3.05, 3.63) is 56.3 Å². The molecule has 0 aliphatic heterocycles. The van der Waals surface area contributed by atoms with Gasteiger partial charge in [-0.1, -0.05) is 26.8 Å². The largest absolute Gasteiger partial charge is 0.376 e. The van der Waals surface area contributed by atoms with E-state index in [9.17, 15) is 15.4 Å². The van der Waals surface area contributed by atoms with Gasteiger partial charge in [0.15, 0.2) is 0 Å². The van der Waals surface area contributed by atoms with Gasteiger partial charge in [0, 0.05) is 17.0 Å². The molecule has 0 aliphatic carbocycles. The molecule has 0 amide bonds. The van der Waals surface area contributed by atoms with Gasteiger partial charge in [-0.15, -0.1) is 11.3 Å². The number of nitriles is 1. The highest BCUT2D eigenvalue weighted by atomic mass is 32.1. The summed E-state index contributed by atoms with van der Waals surface area (Å²) >= 11 is 1.65. The van der Waals surface area contributed by atoms with Crippen LogP contribution in [0.5, 0.6) is 0 Å². The minimum Gasteiger partial charge on any atom is -0.376 e. The maximum atomic E-state index is 10.8. The van der Waals surface area contributed by atoms with Crippen LogP contribution in [-0.2, 0) is 0 Å². The minimum atomic E-state index is -0.495. The molecule has 0 spiro atoms. The molecule has 22 heavy (non-hydrogen) atoms. The summed E-state index contributed by atoms with van der Waals surface area (Å²) in [5, 5.41) is 25.5. The molecule has 0 saturated heterocycles. The molecule has 5 nitrogen and oxygen atoms in total. The maximum Gasteiger partial charge on any atom is 0.270 e. The van der Waals surface area contributed by atoms with E-state index in [1.54, 1.807) is 17.4 Å². The molecule has 6 heteroatoms. The molecule has 1 atom stereocenters.